The molecule has 7 nitrogen and oxygen atoms in total. The van der Waals surface area contributed by atoms with Crippen molar-refractivity contribution in [2.75, 3.05) is 0 Å². The first-order valence-electron chi connectivity index (χ1n) is 8.65. The summed E-state index contributed by atoms with van der Waals surface area (Å²) >= 11 is 0. The molecule has 2 aromatic rings. The fourth-order valence-electron chi connectivity index (χ4n) is 2.41. The second kappa shape index (κ2) is 9.30. The molecule has 0 amide bonds. The molecule has 0 atom stereocenters. The fourth-order valence-corrected chi connectivity index (χ4v) is 2.41. The number of alkyl halides is 6. The van der Waals surface area contributed by atoms with Gasteiger partial charge in [0.1, 0.15) is 22.6 Å². The van der Waals surface area contributed by atoms with E-state index in [-0.39, 0.29) is 12.1 Å². The summed E-state index contributed by atoms with van der Waals surface area (Å²) in [4.78, 5) is 47.1. The molecule has 0 unspecified atom stereocenters. The molecule has 0 fully saturated rings. The number of halogens is 6. The molecule has 2 rings (SSSR count). The van der Waals surface area contributed by atoms with E-state index in [2.05, 4.69) is 14.2 Å². The van der Waals surface area contributed by atoms with Crippen molar-refractivity contribution in [3.05, 3.63) is 58.7 Å². The van der Waals surface area contributed by atoms with Crippen LogP contribution in [0.15, 0.2) is 36.4 Å². The Labute approximate surface area is 180 Å². The van der Waals surface area contributed by atoms with Crippen LogP contribution in [0, 0.1) is 0 Å². The lowest BCUT2D eigenvalue weighted by atomic mass is 10.1. The number of carbonyl (C=O) groups is 4. The fraction of sp³-hybridized carbons (Fsp3) is 0.200. The number of hydrogen-bond donors (Lipinski definition) is 0. The van der Waals surface area contributed by atoms with Crippen LogP contribution in [0.4, 0.5) is 26.3 Å². The topological polar surface area (TPSA) is 96.0 Å². The predicted octanol–water partition coefficient (Wildman–Crippen LogP) is 4.57. The van der Waals surface area contributed by atoms with Crippen LogP contribution in [-0.2, 0) is 26.7 Å². The summed E-state index contributed by atoms with van der Waals surface area (Å²) in [5.41, 5.74) is -4.74. The molecule has 0 aromatic heterocycles. The van der Waals surface area contributed by atoms with Crippen LogP contribution in [0.5, 0.6) is 11.5 Å². The smallest absolute Gasteiger partial charge is 0.416 e. The number of rotatable bonds is 4. The minimum absolute atomic E-state index is 0.229. The van der Waals surface area contributed by atoms with Crippen LogP contribution in [0.25, 0.3) is 0 Å². The van der Waals surface area contributed by atoms with Gasteiger partial charge in [-0.15, -0.1) is 0 Å². The molecule has 176 valence electrons. The third-order valence-corrected chi connectivity index (χ3v) is 3.75. The summed E-state index contributed by atoms with van der Waals surface area (Å²) in [7, 11) is 0. The zero-order valence-electron chi connectivity index (χ0n) is 16.6. The van der Waals surface area contributed by atoms with E-state index in [1.165, 1.54) is 0 Å². The second-order valence-corrected chi connectivity index (χ2v) is 6.28. The lowest BCUT2D eigenvalue weighted by Gasteiger charge is -2.14. The maximum Gasteiger partial charge on any atom is 0.416 e. The van der Waals surface area contributed by atoms with Crippen molar-refractivity contribution in [2.45, 2.75) is 26.2 Å². The molecule has 0 bridgehead atoms. The molecule has 0 spiro atoms. The highest BCUT2D eigenvalue weighted by atomic mass is 19.4. The monoisotopic (exact) mass is 478 g/mol. The van der Waals surface area contributed by atoms with Crippen molar-refractivity contribution in [3.63, 3.8) is 0 Å². The highest BCUT2D eigenvalue weighted by molar-refractivity contribution is 6.05. The lowest BCUT2D eigenvalue weighted by Crippen LogP contribution is -2.18. The molecule has 0 saturated heterocycles. The molecule has 2 aromatic carbocycles. The third-order valence-electron chi connectivity index (χ3n) is 3.75. The normalized spacial score (nSPS) is 11.5. The van der Waals surface area contributed by atoms with Gasteiger partial charge in [0.25, 0.3) is 0 Å². The van der Waals surface area contributed by atoms with Crippen LogP contribution in [-0.4, -0.2) is 23.9 Å². The Morgan fingerprint density at radius 1 is 0.636 bits per heavy atom. The van der Waals surface area contributed by atoms with Gasteiger partial charge in [-0.3, -0.25) is 9.59 Å². The van der Waals surface area contributed by atoms with Gasteiger partial charge in [-0.05, 0) is 36.4 Å². The Balaban J connectivity index is 2.49. The Kier molecular flexibility index (Phi) is 7.15. The van der Waals surface area contributed by atoms with Crippen molar-refractivity contribution in [2.24, 2.45) is 0 Å². The zero-order chi connectivity index (χ0) is 25.1. The van der Waals surface area contributed by atoms with Gasteiger partial charge in [0.2, 0.25) is 0 Å². The minimum Gasteiger partial charge on any atom is -0.426 e. The molecule has 0 N–H and O–H groups in total. The maximum atomic E-state index is 13.0. The van der Waals surface area contributed by atoms with Gasteiger partial charge in [-0.25, -0.2) is 9.59 Å². The van der Waals surface area contributed by atoms with Gasteiger partial charge in [-0.1, -0.05) is 0 Å². The summed E-state index contributed by atoms with van der Waals surface area (Å²) < 4.78 is 91.7. The SMILES string of the molecule is CC(=O)Oc1ccc(C(F)(F)F)cc1C(=O)OC(=O)c1cc(C(F)(F)F)ccc1OC(C)=O. The van der Waals surface area contributed by atoms with Crippen molar-refractivity contribution in [1.82, 2.24) is 0 Å². The first-order chi connectivity index (χ1) is 15.1. The average molecular weight is 478 g/mol. The van der Waals surface area contributed by atoms with Crippen LogP contribution >= 0.6 is 0 Å². The minimum atomic E-state index is -4.93. The molecule has 13 heteroatoms. The molecule has 33 heavy (non-hydrogen) atoms. The maximum absolute atomic E-state index is 13.0. The van der Waals surface area contributed by atoms with Crippen LogP contribution in [0.1, 0.15) is 45.7 Å². The van der Waals surface area contributed by atoms with E-state index in [4.69, 9.17) is 0 Å². The van der Waals surface area contributed by atoms with Gasteiger partial charge < -0.3 is 14.2 Å². The van der Waals surface area contributed by atoms with E-state index < -0.39 is 70.0 Å². The van der Waals surface area contributed by atoms with Gasteiger partial charge >= 0.3 is 36.2 Å². The van der Waals surface area contributed by atoms with Crippen molar-refractivity contribution in [1.29, 1.82) is 0 Å². The standard InChI is InChI=1S/C20H12F6O7/c1-9(27)31-15-5-3-11(19(21,22)23)7-13(15)17(29)33-18(30)14-8-12(20(24,25)26)4-6-16(14)32-10(2)28/h3-8H,1-2H3. The van der Waals surface area contributed by atoms with Crippen LogP contribution in [0.3, 0.4) is 0 Å². The highest BCUT2D eigenvalue weighted by Gasteiger charge is 2.35. The quantitative estimate of drug-likeness (QED) is 0.275. The van der Waals surface area contributed by atoms with E-state index in [1.54, 1.807) is 0 Å². The highest BCUT2D eigenvalue weighted by Crippen LogP contribution is 2.35. The molecule has 0 aliphatic heterocycles. The Morgan fingerprint density at radius 2 is 0.970 bits per heavy atom. The lowest BCUT2D eigenvalue weighted by molar-refractivity contribution is -0.138. The summed E-state index contributed by atoms with van der Waals surface area (Å²) in [6.07, 6.45) is -9.87. The molecular weight excluding hydrogens is 466 g/mol. The van der Waals surface area contributed by atoms with E-state index >= 15 is 0 Å². The van der Waals surface area contributed by atoms with Gasteiger partial charge in [-0.2, -0.15) is 26.3 Å². The number of hydrogen-bond acceptors (Lipinski definition) is 7. The van der Waals surface area contributed by atoms with E-state index in [9.17, 15) is 45.5 Å². The largest absolute Gasteiger partial charge is 0.426 e. The van der Waals surface area contributed by atoms with Crippen LogP contribution in [0.2, 0.25) is 0 Å². The second-order valence-electron chi connectivity index (χ2n) is 6.28. The zero-order valence-corrected chi connectivity index (χ0v) is 16.6. The number of carbonyl (C=O) groups excluding carboxylic acids is 4. The van der Waals surface area contributed by atoms with Crippen LogP contribution < -0.4 is 9.47 Å². The van der Waals surface area contributed by atoms with Crippen molar-refractivity contribution < 1.29 is 59.7 Å². The van der Waals surface area contributed by atoms with E-state index in [0.717, 1.165) is 13.8 Å². The summed E-state index contributed by atoms with van der Waals surface area (Å²) in [6.45, 7) is 1.76. The summed E-state index contributed by atoms with van der Waals surface area (Å²) in [5, 5.41) is 0. The average Bonchev–Trinajstić information content (AvgIpc) is 2.65. The summed E-state index contributed by atoms with van der Waals surface area (Å²) in [6, 6.07) is 2.69. The van der Waals surface area contributed by atoms with Crippen molar-refractivity contribution >= 4 is 23.9 Å². The molecule has 0 heterocycles. The number of esters is 4. The van der Waals surface area contributed by atoms with Gasteiger partial charge in [0.15, 0.2) is 0 Å². The van der Waals surface area contributed by atoms with Gasteiger partial charge in [0, 0.05) is 13.8 Å². The Bertz CT molecular complexity index is 1030. The Morgan fingerprint density at radius 3 is 1.24 bits per heavy atom. The van der Waals surface area contributed by atoms with Gasteiger partial charge in [0.05, 0.1) is 11.1 Å². The number of ether oxygens (including phenoxy) is 3. The molecule has 0 radical (unpaired) electrons. The first kappa shape index (κ1) is 25.4. The molecule has 0 saturated carbocycles. The van der Waals surface area contributed by atoms with E-state index in [1.807, 2.05) is 0 Å². The molecular formula is C20H12F6O7. The predicted molar refractivity (Wildman–Crippen MR) is 95.3 cm³/mol. The molecule has 0 aliphatic rings. The number of benzene rings is 2. The first-order valence-corrected chi connectivity index (χ1v) is 8.65. The Hall–Kier alpha value is -3.90. The molecule has 0 aliphatic carbocycles. The van der Waals surface area contributed by atoms with Crippen molar-refractivity contribution in [3.8, 4) is 11.5 Å². The summed E-state index contributed by atoms with van der Waals surface area (Å²) in [5.74, 6) is -6.98. The van der Waals surface area contributed by atoms with E-state index in [0.29, 0.717) is 24.3 Å². The third kappa shape index (κ3) is 6.54.